The van der Waals surface area contributed by atoms with Gasteiger partial charge in [-0.3, -0.25) is 9.89 Å². The molecule has 0 atom stereocenters. The lowest BCUT2D eigenvalue weighted by atomic mass is 10.1. The summed E-state index contributed by atoms with van der Waals surface area (Å²) in [4.78, 5) is 17.7. The fourth-order valence-electron chi connectivity index (χ4n) is 2.30. The van der Waals surface area contributed by atoms with E-state index in [1.807, 2.05) is 61.7 Å². The monoisotopic (exact) mass is 370 g/mol. The second-order valence-electron chi connectivity index (χ2n) is 5.35. The molecule has 0 bridgehead atoms. The Bertz CT molecular complexity index is 879. The van der Waals surface area contributed by atoms with Crippen molar-refractivity contribution in [3.05, 3.63) is 54.1 Å². The number of hydrogen-bond donors (Lipinski definition) is 2. The van der Waals surface area contributed by atoms with Gasteiger partial charge in [0.15, 0.2) is 5.82 Å². The molecule has 0 fully saturated rings. The van der Waals surface area contributed by atoms with E-state index in [0.717, 1.165) is 21.7 Å². The Kier molecular flexibility index (Phi) is 5.78. The molecule has 0 radical (unpaired) electrons. The standard InChI is InChI=1S/C18H18N4OS2/c1-12-6-3-4-9-15(12)17-20-18(22-21-17)25-11-16(23)19-13-7-5-8-14(10-13)24-2/h3-10H,11H2,1-2H3,(H,19,23)(H,20,21,22). The minimum Gasteiger partial charge on any atom is -0.325 e. The summed E-state index contributed by atoms with van der Waals surface area (Å²) in [7, 11) is 0. The van der Waals surface area contributed by atoms with Crippen molar-refractivity contribution < 1.29 is 4.79 Å². The van der Waals surface area contributed by atoms with Gasteiger partial charge in [0.2, 0.25) is 11.1 Å². The van der Waals surface area contributed by atoms with Crippen molar-refractivity contribution in [3.63, 3.8) is 0 Å². The topological polar surface area (TPSA) is 70.7 Å². The third kappa shape index (κ3) is 4.64. The Morgan fingerprint density at radius 2 is 2.04 bits per heavy atom. The van der Waals surface area contributed by atoms with Gasteiger partial charge in [0, 0.05) is 16.1 Å². The van der Waals surface area contributed by atoms with Crippen LogP contribution >= 0.6 is 23.5 Å². The maximum absolute atomic E-state index is 12.1. The summed E-state index contributed by atoms with van der Waals surface area (Å²) >= 11 is 2.95. The maximum Gasteiger partial charge on any atom is 0.234 e. The second-order valence-corrected chi connectivity index (χ2v) is 7.17. The zero-order chi connectivity index (χ0) is 17.6. The van der Waals surface area contributed by atoms with Crippen molar-refractivity contribution in [2.24, 2.45) is 0 Å². The van der Waals surface area contributed by atoms with Crippen molar-refractivity contribution in [1.29, 1.82) is 0 Å². The van der Waals surface area contributed by atoms with E-state index in [1.165, 1.54) is 11.8 Å². The maximum atomic E-state index is 12.1. The molecule has 0 saturated heterocycles. The highest BCUT2D eigenvalue weighted by Crippen LogP contribution is 2.23. The number of carbonyl (C=O) groups excluding carboxylic acids is 1. The molecule has 25 heavy (non-hydrogen) atoms. The van der Waals surface area contributed by atoms with Gasteiger partial charge in [0.25, 0.3) is 0 Å². The first-order chi connectivity index (χ1) is 12.2. The van der Waals surface area contributed by atoms with Crippen LogP contribution in [0.2, 0.25) is 0 Å². The van der Waals surface area contributed by atoms with Crippen molar-refractivity contribution in [1.82, 2.24) is 15.2 Å². The van der Waals surface area contributed by atoms with Crippen LogP contribution in [0, 0.1) is 6.92 Å². The van der Waals surface area contributed by atoms with Gasteiger partial charge in [-0.25, -0.2) is 4.98 Å². The highest BCUT2D eigenvalue weighted by Gasteiger charge is 2.10. The Morgan fingerprint density at radius 3 is 2.84 bits per heavy atom. The van der Waals surface area contributed by atoms with Gasteiger partial charge in [-0.1, -0.05) is 42.1 Å². The largest absolute Gasteiger partial charge is 0.325 e. The number of aryl methyl sites for hydroxylation is 1. The number of hydrogen-bond acceptors (Lipinski definition) is 5. The van der Waals surface area contributed by atoms with Crippen LogP contribution in [0.1, 0.15) is 5.56 Å². The minimum absolute atomic E-state index is 0.0782. The molecule has 5 nitrogen and oxygen atoms in total. The summed E-state index contributed by atoms with van der Waals surface area (Å²) in [6.07, 6.45) is 2.01. The van der Waals surface area contributed by atoms with Gasteiger partial charge < -0.3 is 5.32 Å². The first-order valence-electron chi connectivity index (χ1n) is 7.71. The molecule has 7 heteroatoms. The quantitative estimate of drug-likeness (QED) is 0.635. The molecule has 2 N–H and O–H groups in total. The number of nitrogens with one attached hydrogen (secondary N) is 2. The van der Waals surface area contributed by atoms with Crippen LogP contribution in [-0.4, -0.2) is 33.1 Å². The molecule has 0 aliphatic carbocycles. The smallest absolute Gasteiger partial charge is 0.234 e. The Hall–Kier alpha value is -2.25. The number of benzene rings is 2. The number of aromatic nitrogens is 3. The van der Waals surface area contributed by atoms with Crippen molar-refractivity contribution in [2.75, 3.05) is 17.3 Å². The Morgan fingerprint density at radius 1 is 1.20 bits per heavy atom. The predicted octanol–water partition coefficient (Wildman–Crippen LogP) is 4.23. The zero-order valence-electron chi connectivity index (χ0n) is 13.9. The summed E-state index contributed by atoms with van der Waals surface area (Å²) < 4.78 is 0. The van der Waals surface area contributed by atoms with E-state index in [4.69, 9.17) is 0 Å². The molecule has 2 aromatic carbocycles. The summed E-state index contributed by atoms with van der Waals surface area (Å²) in [6, 6.07) is 15.8. The fraction of sp³-hybridized carbons (Fsp3) is 0.167. The second kappa shape index (κ2) is 8.22. The van der Waals surface area contributed by atoms with E-state index >= 15 is 0 Å². The minimum atomic E-state index is -0.0782. The van der Waals surface area contributed by atoms with Crippen molar-refractivity contribution in [2.45, 2.75) is 17.0 Å². The number of H-pyrrole nitrogens is 1. The molecule has 3 aromatic rings. The number of aromatic amines is 1. The number of thioether (sulfide) groups is 2. The van der Waals surface area contributed by atoms with Crippen LogP contribution in [0.15, 0.2) is 58.6 Å². The fourth-order valence-corrected chi connectivity index (χ4v) is 3.36. The first kappa shape index (κ1) is 17.6. The summed E-state index contributed by atoms with van der Waals surface area (Å²) in [5.41, 5.74) is 2.94. The highest BCUT2D eigenvalue weighted by atomic mass is 32.2. The van der Waals surface area contributed by atoms with Crippen molar-refractivity contribution >= 4 is 35.1 Å². The van der Waals surface area contributed by atoms with Gasteiger partial charge in [-0.2, -0.15) is 0 Å². The molecular weight excluding hydrogens is 352 g/mol. The van der Waals surface area contributed by atoms with E-state index in [2.05, 4.69) is 20.5 Å². The van der Waals surface area contributed by atoms with Crippen LogP contribution < -0.4 is 5.32 Å². The lowest BCUT2D eigenvalue weighted by Gasteiger charge is -2.05. The molecule has 0 spiro atoms. The molecule has 1 heterocycles. The van der Waals surface area contributed by atoms with E-state index in [9.17, 15) is 4.79 Å². The average Bonchev–Trinajstić information content (AvgIpc) is 3.09. The summed E-state index contributed by atoms with van der Waals surface area (Å²) in [6.45, 7) is 2.03. The molecule has 1 amide bonds. The van der Waals surface area contributed by atoms with Crippen LogP contribution in [0.3, 0.4) is 0 Å². The third-order valence-electron chi connectivity index (χ3n) is 3.55. The number of nitrogens with zero attached hydrogens (tertiary/aromatic N) is 2. The van der Waals surface area contributed by atoms with Gasteiger partial charge in [-0.05, 0) is 36.9 Å². The number of carbonyl (C=O) groups is 1. The molecule has 128 valence electrons. The summed E-state index contributed by atoms with van der Waals surface area (Å²) in [5, 5.41) is 10.6. The first-order valence-corrected chi connectivity index (χ1v) is 9.92. The van der Waals surface area contributed by atoms with Crippen LogP contribution in [0.4, 0.5) is 5.69 Å². The molecule has 0 saturated carbocycles. The van der Waals surface area contributed by atoms with E-state index in [0.29, 0.717) is 11.0 Å². The molecule has 0 unspecified atom stereocenters. The molecule has 0 aliphatic heterocycles. The number of rotatable bonds is 6. The van der Waals surface area contributed by atoms with E-state index in [1.54, 1.807) is 11.8 Å². The SMILES string of the molecule is CSc1cccc(NC(=O)CSc2n[nH]c(-c3ccccc3C)n2)c1. The predicted molar refractivity (Wildman–Crippen MR) is 104 cm³/mol. The van der Waals surface area contributed by atoms with E-state index in [-0.39, 0.29) is 11.7 Å². The van der Waals surface area contributed by atoms with Crippen molar-refractivity contribution in [3.8, 4) is 11.4 Å². The third-order valence-corrected chi connectivity index (χ3v) is 5.12. The zero-order valence-corrected chi connectivity index (χ0v) is 15.6. The molecule has 3 rings (SSSR count). The van der Waals surface area contributed by atoms with Gasteiger partial charge in [0.05, 0.1) is 5.75 Å². The Balaban J connectivity index is 1.58. The van der Waals surface area contributed by atoms with Gasteiger partial charge in [0.1, 0.15) is 0 Å². The van der Waals surface area contributed by atoms with Gasteiger partial charge >= 0.3 is 0 Å². The highest BCUT2D eigenvalue weighted by molar-refractivity contribution is 7.99. The number of anilines is 1. The van der Waals surface area contributed by atoms with E-state index < -0.39 is 0 Å². The molecular formula is C18H18N4OS2. The number of amides is 1. The normalized spacial score (nSPS) is 10.6. The average molecular weight is 371 g/mol. The van der Waals surface area contributed by atoms with Crippen LogP contribution in [0.5, 0.6) is 0 Å². The van der Waals surface area contributed by atoms with Gasteiger partial charge in [-0.15, -0.1) is 16.9 Å². The van der Waals surface area contributed by atoms with Crippen LogP contribution in [0.25, 0.3) is 11.4 Å². The lowest BCUT2D eigenvalue weighted by molar-refractivity contribution is -0.113. The molecule has 0 aliphatic rings. The lowest BCUT2D eigenvalue weighted by Crippen LogP contribution is -2.14. The Labute approximate surface area is 155 Å². The molecule has 1 aromatic heterocycles. The summed E-state index contributed by atoms with van der Waals surface area (Å²) in [5.74, 6) is 0.897. The van der Waals surface area contributed by atoms with Crippen LogP contribution in [-0.2, 0) is 4.79 Å².